The Hall–Kier alpha value is -1.71. The number of nitrogens with zero attached hydrogens (tertiary/aromatic N) is 1. The molecule has 3 rings (SSSR count). The van der Waals surface area contributed by atoms with Crippen molar-refractivity contribution >= 4 is 26.8 Å². The Bertz CT molecular complexity index is 744. The maximum absolute atomic E-state index is 10.7. The molecule has 3 aromatic rings. The molecule has 1 aromatic heterocycles. The molecule has 2 aromatic carbocycles. The van der Waals surface area contributed by atoms with Crippen molar-refractivity contribution in [3.8, 4) is 0 Å². The molecule has 3 heteroatoms. The minimum atomic E-state index is -0.676. The van der Waals surface area contributed by atoms with Crippen LogP contribution in [0.5, 0.6) is 0 Å². The van der Waals surface area contributed by atoms with E-state index in [4.69, 9.17) is 0 Å². The van der Waals surface area contributed by atoms with Crippen molar-refractivity contribution in [2.45, 2.75) is 13.0 Å². The summed E-state index contributed by atoms with van der Waals surface area (Å²) >= 11 is 3.48. The Morgan fingerprint density at radius 3 is 2.70 bits per heavy atom. The predicted molar refractivity (Wildman–Crippen MR) is 84.7 cm³/mol. The lowest BCUT2D eigenvalue weighted by molar-refractivity contribution is 0.221. The first kappa shape index (κ1) is 13.3. The first-order chi connectivity index (χ1) is 9.65. The highest BCUT2D eigenvalue weighted by Crippen LogP contribution is 2.29. The Balaban J connectivity index is 2.15. The fourth-order valence-electron chi connectivity index (χ4n) is 2.45. The molecule has 1 N–H and O–H groups in total. The third-order valence-corrected chi connectivity index (χ3v) is 3.80. The van der Waals surface area contributed by atoms with Gasteiger partial charge in [0.1, 0.15) is 6.10 Å². The van der Waals surface area contributed by atoms with Crippen LogP contribution in [0.3, 0.4) is 0 Å². The minimum Gasteiger partial charge on any atom is -0.384 e. The molecule has 0 saturated carbocycles. The van der Waals surface area contributed by atoms with Gasteiger partial charge in [-0.15, -0.1) is 0 Å². The van der Waals surface area contributed by atoms with E-state index < -0.39 is 6.10 Å². The van der Waals surface area contributed by atoms with E-state index in [1.165, 1.54) is 0 Å². The molecule has 0 bridgehead atoms. The van der Waals surface area contributed by atoms with Crippen LogP contribution in [0.2, 0.25) is 0 Å². The van der Waals surface area contributed by atoms with Gasteiger partial charge < -0.3 is 5.11 Å². The molecule has 0 amide bonds. The number of halogens is 1. The second-order valence-corrected chi connectivity index (χ2v) is 5.80. The monoisotopic (exact) mass is 327 g/mol. The number of aryl methyl sites for hydroxylation is 1. The fourth-order valence-corrected chi connectivity index (χ4v) is 3.08. The lowest BCUT2D eigenvalue weighted by Crippen LogP contribution is -2.02. The topological polar surface area (TPSA) is 33.1 Å². The van der Waals surface area contributed by atoms with Gasteiger partial charge in [-0.25, -0.2) is 0 Å². The van der Waals surface area contributed by atoms with Gasteiger partial charge in [-0.1, -0.05) is 46.3 Å². The molecule has 0 fully saturated rings. The number of aromatic nitrogens is 1. The van der Waals surface area contributed by atoms with Crippen LogP contribution >= 0.6 is 15.9 Å². The van der Waals surface area contributed by atoms with E-state index in [9.17, 15) is 5.11 Å². The maximum Gasteiger partial charge on any atom is 0.106 e. The normalized spacial score (nSPS) is 12.6. The fraction of sp³-hybridized carbons (Fsp3) is 0.118. The minimum absolute atomic E-state index is 0.676. The molecule has 100 valence electrons. The number of hydrogen-bond donors (Lipinski definition) is 1. The Labute approximate surface area is 126 Å². The summed E-state index contributed by atoms with van der Waals surface area (Å²) in [4.78, 5) is 4.40. The molecule has 0 radical (unpaired) electrons. The molecule has 1 unspecified atom stereocenters. The number of para-hydroxylation sites is 1. The zero-order valence-corrected chi connectivity index (χ0v) is 12.6. The second-order valence-electron chi connectivity index (χ2n) is 4.89. The predicted octanol–water partition coefficient (Wildman–Crippen LogP) is 4.39. The molecular formula is C17H14BrNO. The van der Waals surface area contributed by atoms with E-state index >= 15 is 0 Å². The zero-order chi connectivity index (χ0) is 14.1. The molecule has 0 spiro atoms. The summed E-state index contributed by atoms with van der Waals surface area (Å²) in [5.41, 5.74) is 3.66. The third kappa shape index (κ3) is 2.47. The number of aliphatic hydroxyl groups is 1. The largest absolute Gasteiger partial charge is 0.384 e. The Kier molecular flexibility index (Phi) is 3.55. The van der Waals surface area contributed by atoms with Crippen molar-refractivity contribution in [3.05, 3.63) is 75.9 Å². The van der Waals surface area contributed by atoms with Crippen LogP contribution in [0.25, 0.3) is 10.9 Å². The standard InChI is InChI=1S/C17H14BrNO/c1-11-8-13(10-14(18)9-11)17(20)15-6-2-4-12-5-3-7-19-16(12)15/h2-10,17,20H,1H3. The van der Waals surface area contributed by atoms with Gasteiger partial charge in [0.05, 0.1) is 5.52 Å². The van der Waals surface area contributed by atoms with Gasteiger partial charge in [-0.2, -0.15) is 0 Å². The first-order valence-electron chi connectivity index (χ1n) is 6.44. The molecule has 1 atom stereocenters. The summed E-state index contributed by atoms with van der Waals surface area (Å²) in [7, 11) is 0. The third-order valence-electron chi connectivity index (χ3n) is 3.34. The lowest BCUT2D eigenvalue weighted by Gasteiger charge is -2.14. The van der Waals surface area contributed by atoms with E-state index in [2.05, 4.69) is 20.9 Å². The van der Waals surface area contributed by atoms with Crippen LogP contribution < -0.4 is 0 Å². The molecule has 1 heterocycles. The first-order valence-corrected chi connectivity index (χ1v) is 7.23. The zero-order valence-electron chi connectivity index (χ0n) is 11.0. The second kappa shape index (κ2) is 5.35. The summed E-state index contributed by atoms with van der Waals surface area (Å²) in [5.74, 6) is 0. The molecule has 20 heavy (non-hydrogen) atoms. The molecule has 0 aliphatic rings. The molecule has 0 aliphatic heterocycles. The van der Waals surface area contributed by atoms with Gasteiger partial charge in [0, 0.05) is 21.6 Å². The number of pyridine rings is 1. The van der Waals surface area contributed by atoms with E-state index in [0.29, 0.717) is 0 Å². The van der Waals surface area contributed by atoms with E-state index in [-0.39, 0.29) is 0 Å². The summed E-state index contributed by atoms with van der Waals surface area (Å²) in [5, 5.41) is 11.7. The summed E-state index contributed by atoms with van der Waals surface area (Å²) in [6.45, 7) is 2.02. The van der Waals surface area contributed by atoms with Crippen molar-refractivity contribution < 1.29 is 5.11 Å². The number of aliphatic hydroxyl groups excluding tert-OH is 1. The van der Waals surface area contributed by atoms with Crippen LogP contribution in [0.1, 0.15) is 22.8 Å². The smallest absolute Gasteiger partial charge is 0.106 e. The van der Waals surface area contributed by atoms with Crippen molar-refractivity contribution in [2.24, 2.45) is 0 Å². The van der Waals surface area contributed by atoms with Gasteiger partial charge in [0.15, 0.2) is 0 Å². The van der Waals surface area contributed by atoms with Crippen molar-refractivity contribution in [1.82, 2.24) is 4.98 Å². The molecule has 2 nitrogen and oxygen atoms in total. The average Bonchev–Trinajstić information content (AvgIpc) is 2.45. The average molecular weight is 328 g/mol. The highest BCUT2D eigenvalue weighted by atomic mass is 79.9. The molecule has 0 saturated heterocycles. The van der Waals surface area contributed by atoms with E-state index in [1.807, 2.05) is 55.5 Å². The number of rotatable bonds is 2. The van der Waals surface area contributed by atoms with Gasteiger partial charge >= 0.3 is 0 Å². The highest BCUT2D eigenvalue weighted by molar-refractivity contribution is 9.10. The number of hydrogen-bond acceptors (Lipinski definition) is 2. The SMILES string of the molecule is Cc1cc(Br)cc(C(O)c2cccc3cccnc23)c1. The van der Waals surface area contributed by atoms with Gasteiger partial charge in [0.2, 0.25) is 0 Å². The Morgan fingerprint density at radius 1 is 1.10 bits per heavy atom. The van der Waals surface area contributed by atoms with Crippen molar-refractivity contribution in [1.29, 1.82) is 0 Å². The van der Waals surface area contributed by atoms with Crippen LogP contribution in [0.4, 0.5) is 0 Å². The van der Waals surface area contributed by atoms with Gasteiger partial charge in [-0.3, -0.25) is 4.98 Å². The highest BCUT2D eigenvalue weighted by Gasteiger charge is 2.15. The summed E-state index contributed by atoms with van der Waals surface area (Å²) in [6, 6.07) is 15.8. The maximum atomic E-state index is 10.7. The van der Waals surface area contributed by atoms with E-state index in [1.54, 1.807) is 6.20 Å². The van der Waals surface area contributed by atoms with E-state index in [0.717, 1.165) is 32.1 Å². The van der Waals surface area contributed by atoms with Crippen LogP contribution in [0, 0.1) is 6.92 Å². The molecule has 0 aliphatic carbocycles. The van der Waals surface area contributed by atoms with Gasteiger partial charge in [0.25, 0.3) is 0 Å². The lowest BCUT2D eigenvalue weighted by atomic mass is 9.98. The number of fused-ring (bicyclic) bond motifs is 1. The quantitative estimate of drug-likeness (QED) is 0.757. The number of benzene rings is 2. The van der Waals surface area contributed by atoms with Gasteiger partial charge in [-0.05, 0) is 36.2 Å². The summed E-state index contributed by atoms with van der Waals surface area (Å²) < 4.78 is 0.972. The van der Waals surface area contributed by atoms with Crippen LogP contribution in [-0.4, -0.2) is 10.1 Å². The summed E-state index contributed by atoms with van der Waals surface area (Å²) in [6.07, 6.45) is 1.08. The van der Waals surface area contributed by atoms with Crippen molar-refractivity contribution in [2.75, 3.05) is 0 Å². The molecular weight excluding hydrogens is 314 g/mol. The van der Waals surface area contributed by atoms with Crippen LogP contribution in [-0.2, 0) is 0 Å². The Morgan fingerprint density at radius 2 is 1.90 bits per heavy atom. The van der Waals surface area contributed by atoms with Crippen LogP contribution in [0.15, 0.2) is 59.2 Å². The van der Waals surface area contributed by atoms with Crippen molar-refractivity contribution in [3.63, 3.8) is 0 Å².